The minimum atomic E-state index is -5.82. The number of nitrogens with zero attached hydrogens (tertiary/aromatic N) is 1. The van der Waals surface area contributed by atoms with Gasteiger partial charge in [-0.3, -0.25) is 4.90 Å². The highest BCUT2D eigenvalue weighted by Gasteiger charge is 2.49. The fourth-order valence-electron chi connectivity index (χ4n) is 1.94. The molecule has 6 nitrogen and oxygen atoms in total. The summed E-state index contributed by atoms with van der Waals surface area (Å²) in [5, 5.41) is 9.09. The lowest BCUT2D eigenvalue weighted by Crippen LogP contribution is -2.31. The van der Waals surface area contributed by atoms with E-state index in [-0.39, 0.29) is 0 Å². The van der Waals surface area contributed by atoms with E-state index in [1.165, 1.54) is 0 Å². The molecule has 1 heterocycles. The van der Waals surface area contributed by atoms with Crippen LogP contribution in [-0.2, 0) is 14.3 Å². The molecule has 22 heavy (non-hydrogen) atoms. The van der Waals surface area contributed by atoms with E-state index in [1.54, 1.807) is 30.3 Å². The molecule has 0 fully saturated rings. The molecule has 1 N–H and O–H groups in total. The van der Waals surface area contributed by atoms with Gasteiger partial charge in [0.25, 0.3) is 0 Å². The fraction of sp³-hybridized carbons (Fsp3) is 0.250. The third-order valence-electron chi connectivity index (χ3n) is 2.89. The largest absolute Gasteiger partial charge is 0.534 e. The van der Waals surface area contributed by atoms with Gasteiger partial charge in [-0.1, -0.05) is 30.3 Å². The Labute approximate surface area is 123 Å². The first-order valence-corrected chi connectivity index (χ1v) is 7.28. The Kier molecular flexibility index (Phi) is 4.05. The van der Waals surface area contributed by atoms with E-state index in [1.807, 2.05) is 0 Å². The van der Waals surface area contributed by atoms with Crippen molar-refractivity contribution in [3.05, 3.63) is 47.7 Å². The van der Waals surface area contributed by atoms with Crippen LogP contribution in [0.15, 0.2) is 42.2 Å². The quantitative estimate of drug-likeness (QED) is 0.677. The number of hydrogen-bond donors (Lipinski definition) is 1. The van der Waals surface area contributed by atoms with Crippen molar-refractivity contribution in [1.82, 2.24) is 4.90 Å². The van der Waals surface area contributed by atoms with Gasteiger partial charge in [-0.15, -0.1) is 0 Å². The Hall–Kier alpha value is -2.23. The molecular weight excluding hydrogens is 327 g/mol. The predicted octanol–water partition coefficient (Wildman–Crippen LogP) is 2.47. The van der Waals surface area contributed by atoms with Gasteiger partial charge in [-0.2, -0.15) is 21.6 Å². The van der Waals surface area contributed by atoms with E-state index < -0.39 is 40.1 Å². The van der Waals surface area contributed by atoms with E-state index in [9.17, 15) is 26.4 Å². The zero-order valence-electron chi connectivity index (χ0n) is 10.8. The second-order valence-corrected chi connectivity index (χ2v) is 5.92. The van der Waals surface area contributed by atoms with E-state index in [2.05, 4.69) is 4.18 Å². The Morgan fingerprint density at radius 2 is 1.86 bits per heavy atom. The van der Waals surface area contributed by atoms with Crippen molar-refractivity contribution in [3.8, 4) is 0 Å². The fourth-order valence-corrected chi connectivity index (χ4v) is 2.42. The molecule has 10 heteroatoms. The van der Waals surface area contributed by atoms with Gasteiger partial charge in [-0.05, 0) is 11.6 Å². The maximum Gasteiger partial charge on any atom is 0.534 e. The van der Waals surface area contributed by atoms with Crippen molar-refractivity contribution in [3.63, 3.8) is 0 Å². The van der Waals surface area contributed by atoms with Crippen molar-refractivity contribution in [2.45, 2.75) is 11.6 Å². The normalized spacial score (nSPS) is 19.0. The molecule has 0 unspecified atom stereocenters. The summed E-state index contributed by atoms with van der Waals surface area (Å²) in [6.07, 6.45) is -0.375. The average molecular weight is 337 g/mol. The van der Waals surface area contributed by atoms with Gasteiger partial charge >= 0.3 is 21.7 Å². The number of halogens is 3. The molecular formula is C12H10F3NO5S. The monoisotopic (exact) mass is 337 g/mol. The first-order chi connectivity index (χ1) is 10.1. The number of hydrogen-bond acceptors (Lipinski definition) is 4. The smallest absolute Gasteiger partial charge is 0.465 e. The molecule has 0 aliphatic carbocycles. The van der Waals surface area contributed by atoms with E-state index in [4.69, 9.17) is 5.11 Å². The Bertz CT molecular complexity index is 699. The van der Waals surface area contributed by atoms with Gasteiger partial charge in [0.05, 0.1) is 12.6 Å². The summed E-state index contributed by atoms with van der Waals surface area (Å²) >= 11 is 0. The molecule has 1 amide bonds. The maximum atomic E-state index is 12.3. The summed E-state index contributed by atoms with van der Waals surface area (Å²) in [7, 11) is -5.82. The number of carboxylic acid groups (broad SMARTS) is 1. The molecule has 1 aliphatic heterocycles. The molecule has 0 radical (unpaired) electrons. The van der Waals surface area contributed by atoms with E-state index in [0.717, 1.165) is 11.0 Å². The second-order valence-electron chi connectivity index (χ2n) is 4.38. The summed E-state index contributed by atoms with van der Waals surface area (Å²) in [6, 6.07) is 7.13. The molecule has 2 rings (SSSR count). The summed E-state index contributed by atoms with van der Waals surface area (Å²) < 4.78 is 62.8. The second kappa shape index (κ2) is 5.52. The van der Waals surface area contributed by atoms with Gasteiger partial charge in [0.1, 0.15) is 5.76 Å². The minimum absolute atomic E-state index is 0.480. The summed E-state index contributed by atoms with van der Waals surface area (Å²) in [5.74, 6) is -0.589. The molecule has 0 saturated carbocycles. The summed E-state index contributed by atoms with van der Waals surface area (Å²) in [5.41, 5.74) is -5.10. The van der Waals surface area contributed by atoms with E-state index in [0.29, 0.717) is 5.56 Å². The van der Waals surface area contributed by atoms with Gasteiger partial charge < -0.3 is 9.29 Å². The van der Waals surface area contributed by atoms with Crippen LogP contribution in [0, 0.1) is 0 Å². The van der Waals surface area contributed by atoms with Crippen LogP contribution in [0.4, 0.5) is 18.0 Å². The lowest BCUT2D eigenvalue weighted by Gasteiger charge is -2.21. The van der Waals surface area contributed by atoms with Crippen LogP contribution < -0.4 is 0 Å². The zero-order valence-corrected chi connectivity index (χ0v) is 11.6. The molecule has 120 valence electrons. The highest BCUT2D eigenvalue weighted by atomic mass is 32.2. The zero-order chi connectivity index (χ0) is 16.5. The topological polar surface area (TPSA) is 83.9 Å². The Morgan fingerprint density at radius 3 is 2.36 bits per heavy atom. The first-order valence-electron chi connectivity index (χ1n) is 5.88. The molecule has 0 spiro atoms. The molecule has 1 aromatic carbocycles. The molecule has 1 atom stereocenters. The van der Waals surface area contributed by atoms with Crippen LogP contribution in [0.2, 0.25) is 0 Å². The first kappa shape index (κ1) is 16.1. The van der Waals surface area contributed by atoms with Crippen LogP contribution in [0.3, 0.4) is 0 Å². The average Bonchev–Trinajstić information content (AvgIpc) is 2.82. The van der Waals surface area contributed by atoms with Gasteiger partial charge in [-0.25, -0.2) is 4.79 Å². The molecule has 1 aliphatic rings. The van der Waals surface area contributed by atoms with Crippen LogP contribution in [-0.4, -0.2) is 36.6 Å². The van der Waals surface area contributed by atoms with E-state index >= 15 is 0 Å². The number of carbonyl (C=O) groups is 1. The van der Waals surface area contributed by atoms with Crippen molar-refractivity contribution in [2.75, 3.05) is 6.54 Å². The van der Waals surface area contributed by atoms with Gasteiger partial charge in [0.2, 0.25) is 0 Å². The summed E-state index contributed by atoms with van der Waals surface area (Å²) in [6.45, 7) is -0.593. The minimum Gasteiger partial charge on any atom is -0.465 e. The highest BCUT2D eigenvalue weighted by Crippen LogP contribution is 2.34. The van der Waals surface area contributed by atoms with Crippen molar-refractivity contribution in [2.24, 2.45) is 0 Å². The standard InChI is InChI=1S/C12H10F3NO5S/c13-12(14,15)22(19,20)21-9-6-10(16(7-9)11(17)18)8-4-2-1-3-5-8/h1-6,10H,7H2,(H,17,18)/t10-/m0/s1. The van der Waals surface area contributed by atoms with Crippen LogP contribution >= 0.6 is 0 Å². The third kappa shape index (κ3) is 3.16. The number of rotatable bonds is 3. The molecule has 0 aromatic heterocycles. The number of alkyl halides is 3. The maximum absolute atomic E-state index is 12.3. The van der Waals surface area contributed by atoms with Gasteiger partial charge in [0.15, 0.2) is 0 Å². The number of amides is 1. The molecule has 0 saturated heterocycles. The predicted molar refractivity (Wildman–Crippen MR) is 68.1 cm³/mol. The Balaban J connectivity index is 2.30. The van der Waals surface area contributed by atoms with Crippen LogP contribution in [0.1, 0.15) is 11.6 Å². The van der Waals surface area contributed by atoms with Crippen LogP contribution in [0.5, 0.6) is 0 Å². The van der Waals surface area contributed by atoms with Crippen molar-refractivity contribution in [1.29, 1.82) is 0 Å². The third-order valence-corrected chi connectivity index (χ3v) is 3.89. The lowest BCUT2D eigenvalue weighted by atomic mass is 10.1. The highest BCUT2D eigenvalue weighted by molar-refractivity contribution is 7.87. The molecule has 0 bridgehead atoms. The van der Waals surface area contributed by atoms with Crippen LogP contribution in [0.25, 0.3) is 0 Å². The number of benzene rings is 1. The SMILES string of the molecule is O=C(O)N1CC(OS(=O)(=O)C(F)(F)F)=C[C@H]1c1ccccc1. The van der Waals surface area contributed by atoms with Gasteiger partial charge in [0, 0.05) is 0 Å². The lowest BCUT2D eigenvalue weighted by molar-refractivity contribution is -0.0522. The van der Waals surface area contributed by atoms with Crippen molar-refractivity contribution < 1.29 is 35.7 Å². The summed E-state index contributed by atoms with van der Waals surface area (Å²) in [4.78, 5) is 11.9. The molecule has 1 aromatic rings. The Morgan fingerprint density at radius 1 is 1.27 bits per heavy atom. The van der Waals surface area contributed by atoms with Crippen molar-refractivity contribution >= 4 is 16.2 Å².